The Hall–Kier alpha value is -4.45. The quantitative estimate of drug-likeness (QED) is 0.273. The van der Waals surface area contributed by atoms with E-state index >= 15 is 0 Å². The highest BCUT2D eigenvalue weighted by Crippen LogP contribution is 2.53. The maximum Gasteiger partial charge on any atom is 0.269 e. The molecule has 0 bridgehead atoms. The molecular weight excluding hydrogens is 453 g/mol. The number of rotatable bonds is 2. The minimum Gasteiger partial charge on any atom is -0.238 e. The van der Waals surface area contributed by atoms with Gasteiger partial charge in [-0.1, -0.05) is 50.5 Å². The average Bonchev–Trinajstić information content (AvgIpc) is 3.27. The van der Waals surface area contributed by atoms with Crippen LogP contribution in [0, 0.1) is 53.7 Å². The summed E-state index contributed by atoms with van der Waals surface area (Å²) in [5.74, 6) is 0. The molecule has 6 nitrogen and oxygen atoms in total. The molecular formula is C26H20N6Si2. The summed E-state index contributed by atoms with van der Waals surface area (Å²) in [7, 11) is -4.37. The molecule has 2 aliphatic carbocycles. The first-order valence-electron chi connectivity index (χ1n) is 10.4. The van der Waals surface area contributed by atoms with Crippen molar-refractivity contribution in [1.82, 2.24) is 0 Å². The lowest BCUT2D eigenvalue weighted by molar-refractivity contribution is 1.47. The van der Waals surface area contributed by atoms with Crippen LogP contribution in [0.15, 0.2) is 33.9 Å². The van der Waals surface area contributed by atoms with Gasteiger partial charge in [0.25, 0.3) is 11.4 Å². The first-order chi connectivity index (χ1) is 15.9. The third kappa shape index (κ3) is 3.40. The van der Waals surface area contributed by atoms with Crippen molar-refractivity contribution in [3.63, 3.8) is 0 Å². The predicted molar refractivity (Wildman–Crippen MR) is 137 cm³/mol. The summed E-state index contributed by atoms with van der Waals surface area (Å²) < 4.78 is 0. The van der Waals surface area contributed by atoms with Crippen molar-refractivity contribution in [2.75, 3.05) is 0 Å². The summed E-state index contributed by atoms with van der Waals surface area (Å²) in [4.78, 5) is 10.8. The van der Waals surface area contributed by atoms with Crippen LogP contribution < -0.4 is 0 Å². The van der Waals surface area contributed by atoms with Crippen molar-refractivity contribution in [1.29, 1.82) is 15.8 Å². The van der Waals surface area contributed by atoms with Crippen LogP contribution in [0.3, 0.4) is 0 Å². The molecule has 0 aliphatic heterocycles. The van der Waals surface area contributed by atoms with Crippen molar-refractivity contribution in [3.8, 4) is 18.2 Å². The van der Waals surface area contributed by atoms with Gasteiger partial charge in [-0.25, -0.2) is 25.1 Å². The molecule has 1 aromatic rings. The van der Waals surface area contributed by atoms with Gasteiger partial charge in [-0.2, -0.15) is 5.26 Å². The van der Waals surface area contributed by atoms with E-state index in [1.54, 1.807) is 12.1 Å². The molecule has 0 atom stereocenters. The summed E-state index contributed by atoms with van der Waals surface area (Å²) in [6.07, 6.45) is 0. The summed E-state index contributed by atoms with van der Waals surface area (Å²) in [6, 6.07) is 9.87. The molecule has 0 spiro atoms. The third-order valence-electron chi connectivity index (χ3n) is 5.84. The van der Waals surface area contributed by atoms with E-state index in [-0.39, 0.29) is 11.4 Å². The zero-order valence-corrected chi connectivity index (χ0v) is 21.8. The molecule has 0 fully saturated rings. The van der Waals surface area contributed by atoms with Gasteiger partial charge in [0.15, 0.2) is 5.70 Å². The van der Waals surface area contributed by atoms with E-state index in [2.05, 4.69) is 59.9 Å². The van der Waals surface area contributed by atoms with E-state index < -0.39 is 16.1 Å². The Balaban J connectivity index is 2.63. The number of hydrogen-bond acceptors (Lipinski definition) is 3. The number of allylic oxidation sites excluding steroid dienone is 7. The molecule has 162 valence electrons. The molecule has 8 heteroatoms. The molecule has 2 aliphatic rings. The second kappa shape index (κ2) is 8.16. The van der Waals surface area contributed by atoms with Gasteiger partial charge in [0, 0.05) is 5.57 Å². The molecule has 0 radical (unpaired) electrons. The molecule has 0 saturated carbocycles. The summed E-state index contributed by atoms with van der Waals surface area (Å²) in [6.45, 7) is 35.5. The van der Waals surface area contributed by atoms with Gasteiger partial charge in [-0.05, 0) is 39.1 Å². The zero-order chi connectivity index (χ0) is 25.6. The standard InChI is InChI=1S/C26H20N6Si2/c1-30-20(13-28)22-16-11-17-18(10-15(16)19(12-27)25(22)33(4,5)6)24(32-3)26(34(7,8)9)23(17)21(14-29)31-2/h10-11H,4-9H3/b22-20+,23-21-. The SMILES string of the molecule is [C-]#[N+]C1=C([Si](C)(C)C)/C(=C(/C#N)[N+]#[C-])c2cc3c(cc21)C(C#N)=C([Si](C)(C)C)/C3=C(\C#N)[N+]#[C-]. The van der Waals surface area contributed by atoms with E-state index in [0.717, 1.165) is 10.4 Å². The first-order valence-corrected chi connectivity index (χ1v) is 17.4. The number of fused-ring (bicyclic) bond motifs is 2. The van der Waals surface area contributed by atoms with E-state index in [4.69, 9.17) is 19.7 Å². The van der Waals surface area contributed by atoms with Crippen LogP contribution >= 0.6 is 0 Å². The van der Waals surface area contributed by atoms with Gasteiger partial charge >= 0.3 is 0 Å². The maximum absolute atomic E-state index is 10.1. The van der Waals surface area contributed by atoms with Crippen molar-refractivity contribution < 1.29 is 0 Å². The van der Waals surface area contributed by atoms with Gasteiger partial charge < -0.3 is 0 Å². The first kappa shape index (κ1) is 24.2. The number of hydrogen-bond donors (Lipinski definition) is 0. The summed E-state index contributed by atoms with van der Waals surface area (Å²) >= 11 is 0. The number of benzene rings is 1. The summed E-state index contributed by atoms with van der Waals surface area (Å²) in [5, 5.41) is 31.1. The van der Waals surface area contributed by atoms with Crippen LogP contribution in [0.2, 0.25) is 39.3 Å². The second-order valence-corrected chi connectivity index (χ2v) is 20.0. The molecule has 0 aromatic heterocycles. The molecule has 3 rings (SSSR count). The molecule has 1 aromatic carbocycles. The van der Waals surface area contributed by atoms with Crippen LogP contribution in [-0.4, -0.2) is 16.1 Å². The average molecular weight is 473 g/mol. The Bertz CT molecular complexity index is 1410. The van der Waals surface area contributed by atoms with E-state index in [1.165, 1.54) is 0 Å². The van der Waals surface area contributed by atoms with Gasteiger partial charge in [-0.15, -0.1) is 0 Å². The van der Waals surface area contributed by atoms with Crippen LogP contribution in [0.5, 0.6) is 0 Å². The topological polar surface area (TPSA) is 84.5 Å². The second-order valence-electron chi connectivity index (χ2n) is 10.0. The Kier molecular flexibility index (Phi) is 5.81. The number of nitriles is 3. The Morgan fingerprint density at radius 3 is 1.53 bits per heavy atom. The Morgan fingerprint density at radius 2 is 1.15 bits per heavy atom. The molecule has 34 heavy (non-hydrogen) atoms. The van der Waals surface area contributed by atoms with Crippen LogP contribution in [-0.2, 0) is 0 Å². The minimum atomic E-state index is -2.19. The number of nitrogens with zero attached hydrogens (tertiary/aromatic N) is 6. The fourth-order valence-corrected chi connectivity index (χ4v) is 8.52. The molecule has 0 N–H and O–H groups in total. The lowest BCUT2D eigenvalue weighted by atomic mass is 9.94. The molecule has 0 saturated heterocycles. The molecule has 0 amide bonds. The smallest absolute Gasteiger partial charge is 0.238 e. The van der Waals surface area contributed by atoms with Gasteiger partial charge in [-0.3, -0.25) is 0 Å². The van der Waals surface area contributed by atoms with E-state index in [9.17, 15) is 15.8 Å². The lowest BCUT2D eigenvalue weighted by Gasteiger charge is -2.22. The highest BCUT2D eigenvalue weighted by atomic mass is 28.3. The largest absolute Gasteiger partial charge is 0.269 e. The van der Waals surface area contributed by atoms with Crippen LogP contribution in [0.1, 0.15) is 22.3 Å². The van der Waals surface area contributed by atoms with Gasteiger partial charge in [0.2, 0.25) is 0 Å². The predicted octanol–water partition coefficient (Wildman–Crippen LogP) is 6.68. The monoisotopic (exact) mass is 472 g/mol. The van der Waals surface area contributed by atoms with Crippen molar-refractivity contribution in [2.45, 2.75) is 39.3 Å². The lowest BCUT2D eigenvalue weighted by Crippen LogP contribution is -2.25. The fraction of sp³-hybridized carbons (Fsp3) is 0.231. The highest BCUT2D eigenvalue weighted by Gasteiger charge is 2.41. The minimum absolute atomic E-state index is 0.0784. The van der Waals surface area contributed by atoms with E-state index in [0.29, 0.717) is 44.7 Å². The zero-order valence-electron chi connectivity index (χ0n) is 19.8. The highest BCUT2D eigenvalue weighted by molar-refractivity contribution is 6.87. The molecule has 0 unspecified atom stereocenters. The fourth-order valence-electron chi connectivity index (χ4n) is 4.68. The van der Waals surface area contributed by atoms with Gasteiger partial charge in [0.05, 0.1) is 59.6 Å². The van der Waals surface area contributed by atoms with Crippen molar-refractivity contribution in [3.05, 3.63) is 90.4 Å². The normalized spacial score (nSPS) is 17.4. The van der Waals surface area contributed by atoms with E-state index in [1.807, 2.05) is 12.1 Å². The maximum atomic E-state index is 10.1. The van der Waals surface area contributed by atoms with Gasteiger partial charge in [0.1, 0.15) is 0 Å². The van der Waals surface area contributed by atoms with Crippen LogP contribution in [0.25, 0.3) is 37.0 Å². The summed E-state index contributed by atoms with van der Waals surface area (Å²) in [5.41, 5.74) is 4.01. The molecule has 0 heterocycles. The third-order valence-corrected chi connectivity index (χ3v) is 9.83. The van der Waals surface area contributed by atoms with Crippen LogP contribution in [0.4, 0.5) is 0 Å². The van der Waals surface area contributed by atoms with Crippen molar-refractivity contribution >= 4 is 38.6 Å². The Morgan fingerprint density at radius 1 is 0.706 bits per heavy atom. The van der Waals surface area contributed by atoms with Crippen molar-refractivity contribution in [2.24, 2.45) is 0 Å². The Labute approximate surface area is 202 Å².